The molecule has 0 aromatic heterocycles. The third kappa shape index (κ3) is 7.81. The molecule has 12 atom stereocenters. The summed E-state index contributed by atoms with van der Waals surface area (Å²) in [5.74, 6) is 3.28. The van der Waals surface area contributed by atoms with Gasteiger partial charge in [0.2, 0.25) is 0 Å². The standard InChI is InChI=1S/C40H72O4/c1-8-9-10-11-12-13-14-15-16-17-24-44-30-20-22-40(7)34-21-23-39(6)32(29(5)38(43)37(42)28(4)27(2)3)18-19-33(39)31(34)26-36(41)35(40)25-30/h27-35,37-38,42-43H,8-26H2,1-7H3/t28-,29-,30-,31-,32+,33-,34-,35+,37+,38+,39+,40+/m0/s1. The fourth-order valence-corrected chi connectivity index (χ4v) is 11.2. The molecule has 4 fully saturated rings. The second-order valence-corrected chi connectivity index (χ2v) is 17.2. The van der Waals surface area contributed by atoms with Crippen molar-refractivity contribution in [3.8, 4) is 0 Å². The van der Waals surface area contributed by atoms with Crippen LogP contribution < -0.4 is 0 Å². The van der Waals surface area contributed by atoms with Gasteiger partial charge in [0.25, 0.3) is 0 Å². The zero-order valence-electron chi connectivity index (χ0n) is 30.0. The number of aliphatic hydroxyl groups excluding tert-OH is 2. The summed E-state index contributed by atoms with van der Waals surface area (Å²) in [7, 11) is 0. The molecule has 44 heavy (non-hydrogen) atoms. The molecule has 4 saturated carbocycles. The second-order valence-electron chi connectivity index (χ2n) is 17.2. The van der Waals surface area contributed by atoms with Crippen LogP contribution in [-0.2, 0) is 9.53 Å². The van der Waals surface area contributed by atoms with Crippen LogP contribution >= 0.6 is 0 Å². The number of hydrogen-bond acceptors (Lipinski definition) is 4. The highest BCUT2D eigenvalue weighted by molar-refractivity contribution is 5.83. The van der Waals surface area contributed by atoms with E-state index in [-0.39, 0.29) is 34.7 Å². The molecule has 0 aromatic carbocycles. The van der Waals surface area contributed by atoms with Crippen LogP contribution in [0.4, 0.5) is 0 Å². The number of carbonyl (C=O) groups is 1. The van der Waals surface area contributed by atoms with E-state index < -0.39 is 12.2 Å². The predicted octanol–water partition coefficient (Wildman–Crippen LogP) is 9.78. The lowest BCUT2D eigenvalue weighted by atomic mass is 9.44. The topological polar surface area (TPSA) is 66.8 Å². The molecule has 0 saturated heterocycles. The maximum absolute atomic E-state index is 13.9. The maximum atomic E-state index is 13.9. The Bertz CT molecular complexity index is 887. The van der Waals surface area contributed by atoms with Crippen LogP contribution in [0.5, 0.6) is 0 Å². The van der Waals surface area contributed by atoms with Gasteiger partial charge in [-0.2, -0.15) is 0 Å². The zero-order chi connectivity index (χ0) is 32.1. The van der Waals surface area contributed by atoms with Gasteiger partial charge in [-0.1, -0.05) is 106 Å². The van der Waals surface area contributed by atoms with Crippen LogP contribution in [0.1, 0.15) is 164 Å². The van der Waals surface area contributed by atoms with E-state index in [1.807, 2.05) is 0 Å². The minimum atomic E-state index is -0.684. The van der Waals surface area contributed by atoms with Crippen LogP contribution in [0.3, 0.4) is 0 Å². The van der Waals surface area contributed by atoms with Gasteiger partial charge in [-0.25, -0.2) is 0 Å². The lowest BCUT2D eigenvalue weighted by Crippen LogP contribution is -2.57. The number of carbonyl (C=O) groups excluding carboxylic acids is 1. The Morgan fingerprint density at radius 3 is 2.00 bits per heavy atom. The normalized spacial score (nSPS) is 38.1. The highest BCUT2D eigenvalue weighted by Crippen LogP contribution is 2.68. The van der Waals surface area contributed by atoms with Gasteiger partial charge in [-0.05, 0) is 104 Å². The van der Waals surface area contributed by atoms with Gasteiger partial charge >= 0.3 is 0 Å². The second kappa shape index (κ2) is 16.1. The van der Waals surface area contributed by atoms with Crippen LogP contribution in [0.2, 0.25) is 0 Å². The summed E-state index contributed by atoms with van der Waals surface area (Å²) in [5.41, 5.74) is 0.269. The molecular formula is C40H72O4. The number of fused-ring (bicyclic) bond motifs is 5. The fraction of sp³-hybridized carbons (Fsp3) is 0.975. The first-order valence-electron chi connectivity index (χ1n) is 19.5. The van der Waals surface area contributed by atoms with E-state index in [1.165, 1.54) is 77.0 Å². The molecular weight excluding hydrogens is 544 g/mol. The highest BCUT2D eigenvalue weighted by atomic mass is 16.5. The molecule has 0 bridgehead atoms. The minimum absolute atomic E-state index is 0.0727. The van der Waals surface area contributed by atoms with Crippen molar-refractivity contribution in [1.29, 1.82) is 0 Å². The van der Waals surface area contributed by atoms with Gasteiger partial charge in [0, 0.05) is 18.9 Å². The summed E-state index contributed by atoms with van der Waals surface area (Å²) in [5, 5.41) is 22.3. The smallest absolute Gasteiger partial charge is 0.136 e. The number of rotatable bonds is 17. The van der Waals surface area contributed by atoms with E-state index >= 15 is 0 Å². The molecule has 256 valence electrons. The summed E-state index contributed by atoms with van der Waals surface area (Å²) >= 11 is 0. The zero-order valence-corrected chi connectivity index (χ0v) is 30.0. The molecule has 4 aliphatic carbocycles. The minimum Gasteiger partial charge on any atom is -0.390 e. The summed E-state index contributed by atoms with van der Waals surface area (Å²) in [6, 6.07) is 0. The van der Waals surface area contributed by atoms with E-state index in [0.717, 1.165) is 45.1 Å². The van der Waals surface area contributed by atoms with Crippen LogP contribution in [0.15, 0.2) is 0 Å². The van der Waals surface area contributed by atoms with Gasteiger partial charge in [-0.3, -0.25) is 4.79 Å². The Morgan fingerprint density at radius 1 is 0.773 bits per heavy atom. The van der Waals surface area contributed by atoms with Gasteiger partial charge in [-0.15, -0.1) is 0 Å². The molecule has 4 nitrogen and oxygen atoms in total. The average molecular weight is 617 g/mol. The van der Waals surface area contributed by atoms with Crippen molar-refractivity contribution >= 4 is 5.78 Å². The van der Waals surface area contributed by atoms with Crippen molar-refractivity contribution in [1.82, 2.24) is 0 Å². The molecule has 2 N–H and O–H groups in total. The predicted molar refractivity (Wildman–Crippen MR) is 182 cm³/mol. The summed E-state index contributed by atoms with van der Waals surface area (Å²) < 4.78 is 6.44. The summed E-state index contributed by atoms with van der Waals surface area (Å²) in [4.78, 5) is 13.9. The van der Waals surface area contributed by atoms with Crippen molar-refractivity contribution in [2.45, 2.75) is 182 Å². The van der Waals surface area contributed by atoms with E-state index in [0.29, 0.717) is 35.4 Å². The molecule has 0 spiro atoms. The molecule has 0 aromatic rings. The molecule has 0 aliphatic heterocycles. The first kappa shape index (κ1) is 36.4. The Labute approximate surface area is 272 Å². The quantitative estimate of drug-likeness (QED) is 0.160. The monoisotopic (exact) mass is 617 g/mol. The van der Waals surface area contributed by atoms with Crippen molar-refractivity contribution in [3.63, 3.8) is 0 Å². The fourth-order valence-electron chi connectivity index (χ4n) is 11.2. The number of unbranched alkanes of at least 4 members (excludes halogenated alkanes) is 9. The van der Waals surface area contributed by atoms with Crippen molar-refractivity contribution < 1.29 is 19.7 Å². The Morgan fingerprint density at radius 2 is 1.36 bits per heavy atom. The van der Waals surface area contributed by atoms with E-state index in [2.05, 4.69) is 48.5 Å². The number of ketones is 1. The van der Waals surface area contributed by atoms with E-state index in [4.69, 9.17) is 4.74 Å². The highest BCUT2D eigenvalue weighted by Gasteiger charge is 2.63. The maximum Gasteiger partial charge on any atom is 0.136 e. The molecule has 4 aliphatic rings. The van der Waals surface area contributed by atoms with E-state index in [1.54, 1.807) is 0 Å². The van der Waals surface area contributed by atoms with Crippen LogP contribution in [0, 0.1) is 58.2 Å². The van der Waals surface area contributed by atoms with Crippen molar-refractivity contribution in [2.24, 2.45) is 58.2 Å². The molecule has 0 heterocycles. The number of hydrogen-bond donors (Lipinski definition) is 2. The largest absolute Gasteiger partial charge is 0.390 e. The summed E-state index contributed by atoms with van der Waals surface area (Å²) in [6.45, 7) is 16.6. The van der Waals surface area contributed by atoms with Gasteiger partial charge < -0.3 is 14.9 Å². The van der Waals surface area contributed by atoms with E-state index in [9.17, 15) is 15.0 Å². The van der Waals surface area contributed by atoms with Gasteiger partial charge in [0.15, 0.2) is 0 Å². The van der Waals surface area contributed by atoms with Gasteiger partial charge in [0.05, 0.1) is 18.3 Å². The molecule has 4 rings (SSSR count). The average Bonchev–Trinajstić information content (AvgIpc) is 3.36. The lowest BCUT2D eigenvalue weighted by Gasteiger charge is -2.60. The third-order valence-electron chi connectivity index (χ3n) is 14.4. The molecule has 0 radical (unpaired) electrons. The Balaban J connectivity index is 1.27. The number of ether oxygens (including phenoxy) is 1. The first-order chi connectivity index (χ1) is 21.0. The molecule has 0 amide bonds. The van der Waals surface area contributed by atoms with Gasteiger partial charge in [0.1, 0.15) is 5.78 Å². The Hall–Kier alpha value is -0.450. The Kier molecular flexibility index (Phi) is 13.3. The number of aliphatic hydroxyl groups is 2. The van der Waals surface area contributed by atoms with Crippen molar-refractivity contribution in [2.75, 3.05) is 6.61 Å². The SMILES string of the molecule is CCCCCCCCCCCCO[C@H]1CC[C@@]2(C)[C@H](C1)C(=O)C[C@@H]1[C@@H]2CC[C@]2(C)[C@@H]([C@H](C)[C@@H](O)[C@H](O)[C@@H](C)C(C)C)CC[C@@H]12. The lowest BCUT2D eigenvalue weighted by molar-refractivity contribution is -0.164. The third-order valence-corrected chi connectivity index (χ3v) is 14.4. The van der Waals surface area contributed by atoms with Crippen LogP contribution in [0.25, 0.3) is 0 Å². The number of Topliss-reactive ketones (excluding diaryl/α,β-unsaturated/α-hetero) is 1. The van der Waals surface area contributed by atoms with Crippen molar-refractivity contribution in [3.05, 3.63) is 0 Å². The molecule has 4 heteroatoms. The first-order valence-corrected chi connectivity index (χ1v) is 19.5. The summed E-state index contributed by atoms with van der Waals surface area (Å²) in [6.07, 6.45) is 21.0. The molecule has 0 unspecified atom stereocenters. The van der Waals surface area contributed by atoms with Crippen LogP contribution in [-0.4, -0.2) is 40.9 Å².